The molecule has 0 N–H and O–H groups in total. The second-order valence-corrected chi connectivity index (χ2v) is 4.30. The zero-order chi connectivity index (χ0) is 7.28. The zero-order valence-corrected chi connectivity index (χ0v) is 7.16. The lowest BCUT2D eigenvalue weighted by atomic mass is 10.8. The van der Waals surface area contributed by atoms with E-state index in [2.05, 4.69) is 4.74 Å². The third-order valence-corrected chi connectivity index (χ3v) is 1.36. The van der Waals surface area contributed by atoms with Crippen LogP contribution in [0.3, 0.4) is 0 Å². The van der Waals surface area contributed by atoms with Gasteiger partial charge in [0.05, 0.1) is 0 Å². The summed E-state index contributed by atoms with van der Waals surface area (Å²) in [5, 5.41) is 0. The fourth-order valence-electron chi connectivity index (χ4n) is 0.415. The molecule has 0 radical (unpaired) electrons. The summed E-state index contributed by atoms with van der Waals surface area (Å²) in [7, 11) is 0.286. The Morgan fingerprint density at radius 3 is 2.44 bits per heavy atom. The molecule has 0 aromatic rings. The number of ether oxygens (including phenoxy) is 1. The summed E-state index contributed by atoms with van der Waals surface area (Å²) < 4.78 is 9.42. The molecule has 0 aliphatic rings. The highest BCUT2D eigenvalue weighted by Crippen LogP contribution is 1.84. The van der Waals surface area contributed by atoms with Crippen molar-refractivity contribution < 1.29 is 14.0 Å². The summed E-state index contributed by atoms with van der Waals surface area (Å²) in [4.78, 5) is 10.5. The second kappa shape index (κ2) is 4.52. The highest BCUT2D eigenvalue weighted by Gasteiger charge is 2.03. The van der Waals surface area contributed by atoms with Gasteiger partial charge in [0.15, 0.2) is 0 Å². The minimum atomic E-state index is -1.19. The summed E-state index contributed by atoms with van der Waals surface area (Å²) in [5.74, 6) is -0.251. The predicted octanol–water partition coefficient (Wildman–Crippen LogP) is 0.159. The Kier molecular flexibility index (Phi) is 4.34. The molecule has 0 saturated heterocycles. The lowest BCUT2D eigenvalue weighted by molar-refractivity contribution is -0.138. The molecule has 0 amide bonds. The van der Waals surface area contributed by atoms with E-state index in [4.69, 9.17) is 4.43 Å². The SMILES string of the molecule is COCC(=O)O[SiH](C)C. The molecule has 0 aromatic carbocycles. The molecule has 0 rings (SSSR count). The number of carbonyl (C=O) groups excluding carboxylic acids is 1. The third-order valence-electron chi connectivity index (χ3n) is 0.629. The van der Waals surface area contributed by atoms with E-state index in [0.29, 0.717) is 0 Å². The largest absolute Gasteiger partial charge is 0.521 e. The maximum absolute atomic E-state index is 10.5. The van der Waals surface area contributed by atoms with E-state index in [1.165, 1.54) is 7.11 Å². The van der Waals surface area contributed by atoms with Crippen LogP contribution in [0.4, 0.5) is 0 Å². The minimum absolute atomic E-state index is 0.0746. The van der Waals surface area contributed by atoms with E-state index in [9.17, 15) is 4.79 Å². The van der Waals surface area contributed by atoms with Crippen LogP contribution in [0.25, 0.3) is 0 Å². The van der Waals surface area contributed by atoms with Gasteiger partial charge in [0.2, 0.25) is 9.04 Å². The Labute approximate surface area is 56.7 Å². The van der Waals surface area contributed by atoms with Gasteiger partial charge in [-0.3, -0.25) is 4.79 Å². The van der Waals surface area contributed by atoms with Gasteiger partial charge in [0.1, 0.15) is 6.61 Å². The molecule has 9 heavy (non-hydrogen) atoms. The molecule has 0 spiro atoms. The monoisotopic (exact) mass is 148 g/mol. The minimum Gasteiger partial charge on any atom is -0.521 e. The van der Waals surface area contributed by atoms with Crippen molar-refractivity contribution in [2.24, 2.45) is 0 Å². The number of hydrogen-bond acceptors (Lipinski definition) is 3. The van der Waals surface area contributed by atoms with Crippen LogP contribution in [-0.2, 0) is 14.0 Å². The molecular weight excluding hydrogens is 136 g/mol. The Bertz CT molecular complexity index is 92.2. The summed E-state index contributed by atoms with van der Waals surface area (Å²) in [6.07, 6.45) is 0. The average molecular weight is 148 g/mol. The van der Waals surface area contributed by atoms with E-state index in [1.54, 1.807) is 0 Å². The standard InChI is InChI=1S/C5H12O3Si/c1-7-4-5(6)8-9(2)3/h9H,4H2,1-3H3. The van der Waals surface area contributed by atoms with E-state index in [0.717, 1.165) is 0 Å². The van der Waals surface area contributed by atoms with E-state index in [-0.39, 0.29) is 12.6 Å². The molecular formula is C5H12O3Si. The van der Waals surface area contributed by atoms with Crippen molar-refractivity contribution in [1.29, 1.82) is 0 Å². The Hall–Kier alpha value is -0.353. The highest BCUT2D eigenvalue weighted by molar-refractivity contribution is 6.50. The van der Waals surface area contributed by atoms with Gasteiger partial charge in [-0.15, -0.1) is 0 Å². The van der Waals surface area contributed by atoms with Crippen molar-refractivity contribution >= 4 is 15.0 Å². The maximum Gasteiger partial charge on any atom is 0.318 e. The topological polar surface area (TPSA) is 35.5 Å². The highest BCUT2D eigenvalue weighted by atomic mass is 28.3. The van der Waals surface area contributed by atoms with Crippen molar-refractivity contribution in [2.45, 2.75) is 13.1 Å². The molecule has 0 bridgehead atoms. The number of methoxy groups -OCH3 is 1. The normalized spacial score (nSPS) is 9.78. The first kappa shape index (κ1) is 8.65. The molecule has 0 atom stereocenters. The van der Waals surface area contributed by atoms with Gasteiger partial charge >= 0.3 is 5.97 Å². The van der Waals surface area contributed by atoms with Crippen LogP contribution >= 0.6 is 0 Å². The summed E-state index contributed by atoms with van der Waals surface area (Å²) >= 11 is 0. The van der Waals surface area contributed by atoms with E-state index in [1.807, 2.05) is 13.1 Å². The maximum atomic E-state index is 10.5. The van der Waals surface area contributed by atoms with Crippen LogP contribution in [0.5, 0.6) is 0 Å². The third kappa shape index (κ3) is 5.52. The molecule has 4 heteroatoms. The molecule has 0 aliphatic heterocycles. The van der Waals surface area contributed by atoms with Crippen molar-refractivity contribution in [3.63, 3.8) is 0 Å². The Morgan fingerprint density at radius 2 is 2.11 bits per heavy atom. The summed E-state index contributed by atoms with van der Waals surface area (Å²) in [6.45, 7) is 3.95. The molecule has 0 saturated carbocycles. The van der Waals surface area contributed by atoms with Crippen LogP contribution in [0.15, 0.2) is 0 Å². The van der Waals surface area contributed by atoms with Crippen LogP contribution in [0, 0.1) is 0 Å². The zero-order valence-electron chi connectivity index (χ0n) is 6.01. The van der Waals surface area contributed by atoms with Gasteiger partial charge in [-0.2, -0.15) is 0 Å². The Balaban J connectivity index is 3.27. The van der Waals surface area contributed by atoms with Crippen molar-refractivity contribution in [3.8, 4) is 0 Å². The smallest absolute Gasteiger partial charge is 0.318 e. The van der Waals surface area contributed by atoms with E-state index < -0.39 is 9.04 Å². The molecule has 0 unspecified atom stereocenters. The molecule has 0 aliphatic carbocycles. The molecule has 3 nitrogen and oxygen atoms in total. The van der Waals surface area contributed by atoms with Crippen LogP contribution < -0.4 is 0 Å². The van der Waals surface area contributed by atoms with Crippen LogP contribution in [-0.4, -0.2) is 28.7 Å². The van der Waals surface area contributed by atoms with Gasteiger partial charge in [-0.05, 0) is 13.1 Å². The second-order valence-electron chi connectivity index (χ2n) is 1.97. The van der Waals surface area contributed by atoms with Gasteiger partial charge in [0.25, 0.3) is 0 Å². The summed E-state index contributed by atoms with van der Waals surface area (Å²) in [5.41, 5.74) is 0. The van der Waals surface area contributed by atoms with Gasteiger partial charge in [0, 0.05) is 7.11 Å². The molecule has 54 valence electrons. The average Bonchev–Trinajstić information content (AvgIpc) is 1.63. The first-order valence-corrected chi connectivity index (χ1v) is 5.63. The lowest BCUT2D eigenvalue weighted by Crippen LogP contribution is -2.18. The van der Waals surface area contributed by atoms with Crippen LogP contribution in [0.1, 0.15) is 0 Å². The van der Waals surface area contributed by atoms with Gasteiger partial charge < -0.3 is 9.16 Å². The Morgan fingerprint density at radius 1 is 1.56 bits per heavy atom. The van der Waals surface area contributed by atoms with Crippen molar-refractivity contribution in [1.82, 2.24) is 0 Å². The number of rotatable bonds is 3. The van der Waals surface area contributed by atoms with Gasteiger partial charge in [-0.1, -0.05) is 0 Å². The van der Waals surface area contributed by atoms with Crippen LogP contribution in [0.2, 0.25) is 13.1 Å². The summed E-state index contributed by atoms with van der Waals surface area (Å²) in [6, 6.07) is 0. The first-order valence-electron chi connectivity index (χ1n) is 2.85. The fourth-order valence-corrected chi connectivity index (χ4v) is 1.01. The first-order chi connectivity index (χ1) is 4.16. The number of hydrogen-bond donors (Lipinski definition) is 0. The van der Waals surface area contributed by atoms with Gasteiger partial charge in [-0.25, -0.2) is 0 Å². The molecule has 0 fully saturated rings. The fraction of sp³-hybridized carbons (Fsp3) is 0.800. The van der Waals surface area contributed by atoms with E-state index >= 15 is 0 Å². The van der Waals surface area contributed by atoms with Crippen molar-refractivity contribution in [2.75, 3.05) is 13.7 Å². The van der Waals surface area contributed by atoms with Crippen molar-refractivity contribution in [3.05, 3.63) is 0 Å². The quantitative estimate of drug-likeness (QED) is 0.535. The molecule has 0 heterocycles. The predicted molar refractivity (Wildman–Crippen MR) is 36.8 cm³/mol. The number of carbonyl (C=O) groups is 1. The lowest BCUT2D eigenvalue weighted by Gasteiger charge is -2.04. The molecule has 0 aromatic heterocycles.